The second-order valence-electron chi connectivity index (χ2n) is 7.62. The molecule has 0 bridgehead atoms. The lowest BCUT2D eigenvalue weighted by atomic mass is 9.97. The molecule has 1 saturated heterocycles. The zero-order chi connectivity index (χ0) is 19.7. The largest absolute Gasteiger partial charge is 0.491 e. The van der Waals surface area contributed by atoms with Crippen LogP contribution < -0.4 is 4.74 Å². The van der Waals surface area contributed by atoms with Gasteiger partial charge < -0.3 is 13.9 Å². The van der Waals surface area contributed by atoms with Crippen molar-refractivity contribution in [1.29, 1.82) is 0 Å². The van der Waals surface area contributed by atoms with Crippen molar-refractivity contribution in [2.45, 2.75) is 45.1 Å². The Morgan fingerprint density at radius 3 is 2.79 bits per heavy atom. The number of carbonyl (C=O) groups is 1. The molecule has 3 aromatic heterocycles. The highest BCUT2D eigenvalue weighted by Crippen LogP contribution is 2.29. The molecule has 7 heteroatoms. The van der Waals surface area contributed by atoms with E-state index in [1.165, 1.54) is 0 Å². The molecule has 4 rings (SSSR count). The Labute approximate surface area is 164 Å². The number of rotatable bonds is 6. The van der Waals surface area contributed by atoms with Crippen molar-refractivity contribution in [2.75, 3.05) is 13.2 Å². The molecule has 0 unspecified atom stereocenters. The Balaban J connectivity index is 1.67. The summed E-state index contributed by atoms with van der Waals surface area (Å²) in [6, 6.07) is 3.67. The third-order valence-electron chi connectivity index (χ3n) is 5.00. The molecule has 0 aromatic carbocycles. The summed E-state index contributed by atoms with van der Waals surface area (Å²) in [6.07, 6.45) is 8.03. The first-order valence-electron chi connectivity index (χ1n) is 9.78. The Kier molecular flexibility index (Phi) is 5.17. The second-order valence-corrected chi connectivity index (χ2v) is 7.62. The van der Waals surface area contributed by atoms with Gasteiger partial charge in [-0.15, -0.1) is 0 Å². The molecule has 4 heterocycles. The van der Waals surface area contributed by atoms with E-state index in [9.17, 15) is 4.79 Å². The monoisotopic (exact) mass is 382 g/mol. The summed E-state index contributed by atoms with van der Waals surface area (Å²) in [7, 11) is 1.81. The van der Waals surface area contributed by atoms with Crippen LogP contribution in [0.2, 0.25) is 0 Å². The van der Waals surface area contributed by atoms with Gasteiger partial charge in [-0.25, -0.2) is 4.98 Å². The molecular formula is C21H26N4O3. The van der Waals surface area contributed by atoms with Crippen molar-refractivity contribution >= 4 is 11.4 Å². The van der Waals surface area contributed by atoms with E-state index in [1.807, 2.05) is 30.5 Å². The van der Waals surface area contributed by atoms with Gasteiger partial charge >= 0.3 is 0 Å². The van der Waals surface area contributed by atoms with Gasteiger partial charge in [0.05, 0.1) is 11.8 Å². The highest BCUT2D eigenvalue weighted by Gasteiger charge is 2.21. The van der Waals surface area contributed by atoms with Crippen LogP contribution in [0, 0.1) is 0 Å². The molecule has 1 aliphatic heterocycles. The molecule has 7 nitrogen and oxygen atoms in total. The molecule has 0 aliphatic carbocycles. The first-order valence-corrected chi connectivity index (χ1v) is 9.78. The van der Waals surface area contributed by atoms with E-state index in [4.69, 9.17) is 14.5 Å². The SMILES string of the molecule is CC(C)Oc1cc2nc(C3CCOCC3)cn2cc1CC(=O)c1ccn(C)n1. The van der Waals surface area contributed by atoms with Crippen LogP contribution in [0.15, 0.2) is 30.7 Å². The molecule has 1 fully saturated rings. The third-order valence-corrected chi connectivity index (χ3v) is 5.00. The van der Waals surface area contributed by atoms with Crippen LogP contribution in [0.1, 0.15) is 54.4 Å². The number of fused-ring (bicyclic) bond motifs is 1. The fourth-order valence-corrected chi connectivity index (χ4v) is 3.59. The van der Waals surface area contributed by atoms with Gasteiger partial charge in [-0.3, -0.25) is 9.48 Å². The lowest BCUT2D eigenvalue weighted by Gasteiger charge is -2.19. The zero-order valence-corrected chi connectivity index (χ0v) is 16.6. The normalized spacial score (nSPS) is 15.4. The van der Waals surface area contributed by atoms with Crippen molar-refractivity contribution in [1.82, 2.24) is 19.2 Å². The smallest absolute Gasteiger partial charge is 0.187 e. The lowest BCUT2D eigenvalue weighted by molar-refractivity contribution is 0.0846. The average Bonchev–Trinajstić information content (AvgIpc) is 3.28. The van der Waals surface area contributed by atoms with E-state index < -0.39 is 0 Å². The maximum atomic E-state index is 12.7. The molecule has 0 N–H and O–H groups in total. The molecule has 3 aromatic rings. The molecule has 0 spiro atoms. The topological polar surface area (TPSA) is 70.7 Å². The van der Waals surface area contributed by atoms with Gasteiger partial charge in [-0.05, 0) is 32.8 Å². The third kappa shape index (κ3) is 3.94. The summed E-state index contributed by atoms with van der Waals surface area (Å²) in [5.74, 6) is 1.09. The number of ether oxygens (including phenoxy) is 2. The van der Waals surface area contributed by atoms with Crippen LogP contribution >= 0.6 is 0 Å². The van der Waals surface area contributed by atoms with Gasteiger partial charge in [0.2, 0.25) is 0 Å². The number of hydrogen-bond donors (Lipinski definition) is 0. The average molecular weight is 382 g/mol. The number of carbonyl (C=O) groups excluding carboxylic acids is 1. The van der Waals surface area contributed by atoms with Crippen LogP contribution in [0.5, 0.6) is 5.75 Å². The molecule has 0 radical (unpaired) electrons. The van der Waals surface area contributed by atoms with E-state index in [-0.39, 0.29) is 18.3 Å². The van der Waals surface area contributed by atoms with Crippen molar-refractivity contribution < 1.29 is 14.3 Å². The Morgan fingerprint density at radius 2 is 2.11 bits per heavy atom. The maximum absolute atomic E-state index is 12.7. The number of ketones is 1. The summed E-state index contributed by atoms with van der Waals surface area (Å²) in [5, 5.41) is 4.22. The van der Waals surface area contributed by atoms with Crippen LogP contribution in [0.3, 0.4) is 0 Å². The number of Topliss-reactive ketones (excluding diaryl/α,β-unsaturated/α-hetero) is 1. The van der Waals surface area contributed by atoms with Gasteiger partial charge in [0.1, 0.15) is 17.1 Å². The van der Waals surface area contributed by atoms with E-state index in [1.54, 1.807) is 24.0 Å². The molecule has 0 atom stereocenters. The van der Waals surface area contributed by atoms with Gasteiger partial charge in [-0.2, -0.15) is 5.10 Å². The van der Waals surface area contributed by atoms with Gasteiger partial charge in [-0.1, -0.05) is 0 Å². The summed E-state index contributed by atoms with van der Waals surface area (Å²) in [4.78, 5) is 17.5. The maximum Gasteiger partial charge on any atom is 0.187 e. The van der Waals surface area contributed by atoms with Crippen molar-refractivity contribution in [3.05, 3.63) is 47.7 Å². The van der Waals surface area contributed by atoms with Crippen LogP contribution in [0.4, 0.5) is 0 Å². The molecular weight excluding hydrogens is 356 g/mol. The van der Waals surface area contributed by atoms with Crippen LogP contribution in [-0.4, -0.2) is 44.3 Å². The molecule has 28 heavy (non-hydrogen) atoms. The quantitative estimate of drug-likeness (QED) is 0.613. The predicted octanol–water partition coefficient (Wildman–Crippen LogP) is 3.17. The van der Waals surface area contributed by atoms with Crippen LogP contribution in [0.25, 0.3) is 5.65 Å². The summed E-state index contributed by atoms with van der Waals surface area (Å²) >= 11 is 0. The molecule has 0 saturated carbocycles. The molecule has 1 aliphatic rings. The van der Waals surface area contributed by atoms with E-state index in [0.29, 0.717) is 17.4 Å². The van der Waals surface area contributed by atoms with E-state index >= 15 is 0 Å². The zero-order valence-electron chi connectivity index (χ0n) is 16.6. The minimum atomic E-state index is -0.0293. The van der Waals surface area contributed by atoms with Crippen LogP contribution in [-0.2, 0) is 18.2 Å². The second kappa shape index (κ2) is 7.75. The summed E-state index contributed by atoms with van der Waals surface area (Å²) in [5.41, 5.74) is 3.22. The minimum absolute atomic E-state index is 0.0103. The number of nitrogens with zero attached hydrogens (tertiary/aromatic N) is 4. The highest BCUT2D eigenvalue weighted by molar-refractivity contribution is 5.96. The Morgan fingerprint density at radius 1 is 1.32 bits per heavy atom. The minimum Gasteiger partial charge on any atom is -0.491 e. The number of aromatic nitrogens is 4. The van der Waals surface area contributed by atoms with Gasteiger partial charge in [0, 0.05) is 62.8 Å². The van der Waals surface area contributed by atoms with E-state index in [2.05, 4.69) is 11.3 Å². The number of pyridine rings is 1. The first kappa shape index (κ1) is 18.7. The number of hydrogen-bond acceptors (Lipinski definition) is 5. The Hall–Kier alpha value is -2.67. The highest BCUT2D eigenvalue weighted by atomic mass is 16.5. The van der Waals surface area contributed by atoms with Crippen molar-refractivity contribution in [2.24, 2.45) is 7.05 Å². The number of imidazole rings is 1. The van der Waals surface area contributed by atoms with Gasteiger partial charge in [0.25, 0.3) is 0 Å². The van der Waals surface area contributed by atoms with Crippen molar-refractivity contribution in [3.8, 4) is 5.75 Å². The summed E-state index contributed by atoms with van der Waals surface area (Å²) < 4.78 is 15.1. The Bertz CT molecular complexity index is 983. The van der Waals surface area contributed by atoms with E-state index in [0.717, 1.165) is 43.0 Å². The first-order chi connectivity index (χ1) is 13.5. The standard InChI is InChI=1S/C21H26N4O3/c1-14(2)28-20-11-21-22-18(15-5-8-27-9-6-15)13-25(21)12-16(20)10-19(26)17-4-7-24(3)23-17/h4,7,11-15H,5-6,8-10H2,1-3H3. The van der Waals surface area contributed by atoms with Crippen molar-refractivity contribution in [3.63, 3.8) is 0 Å². The fraction of sp³-hybridized carbons (Fsp3) is 0.476. The molecule has 148 valence electrons. The lowest BCUT2D eigenvalue weighted by Crippen LogP contribution is -2.14. The number of aryl methyl sites for hydroxylation is 1. The van der Waals surface area contributed by atoms with Gasteiger partial charge in [0.15, 0.2) is 5.78 Å². The summed E-state index contributed by atoms with van der Waals surface area (Å²) in [6.45, 7) is 5.52. The predicted molar refractivity (Wildman–Crippen MR) is 105 cm³/mol. The fourth-order valence-electron chi connectivity index (χ4n) is 3.59. The molecule has 0 amide bonds.